The number of carbonyl (C=O) groups is 1. The minimum absolute atomic E-state index is 0.184. The maximum atomic E-state index is 12.5. The zero-order valence-electron chi connectivity index (χ0n) is 12.3. The second-order valence-corrected chi connectivity index (χ2v) is 6.06. The van der Waals surface area contributed by atoms with Crippen LogP contribution in [0.5, 0.6) is 0 Å². The highest BCUT2D eigenvalue weighted by Crippen LogP contribution is 2.34. The summed E-state index contributed by atoms with van der Waals surface area (Å²) in [5.41, 5.74) is 0.704. The molecule has 0 N–H and O–H groups in total. The summed E-state index contributed by atoms with van der Waals surface area (Å²) in [6.45, 7) is 7.44. The van der Waals surface area contributed by atoms with Gasteiger partial charge in [-0.2, -0.15) is 0 Å². The third kappa shape index (κ3) is 3.23. The lowest BCUT2D eigenvalue weighted by Crippen LogP contribution is -2.26. The number of ketones is 1. The van der Waals surface area contributed by atoms with E-state index in [1.807, 2.05) is 0 Å². The van der Waals surface area contributed by atoms with E-state index in [1.54, 1.807) is 10.9 Å². The Kier molecular flexibility index (Phi) is 4.72. The van der Waals surface area contributed by atoms with Gasteiger partial charge in [0.25, 0.3) is 0 Å². The highest BCUT2D eigenvalue weighted by atomic mass is 16.1. The Bertz CT molecular complexity index is 417. The third-order valence-corrected chi connectivity index (χ3v) is 4.39. The van der Waals surface area contributed by atoms with Crippen LogP contribution >= 0.6 is 0 Å². The van der Waals surface area contributed by atoms with Gasteiger partial charge in [-0.3, -0.25) is 4.79 Å². The van der Waals surface area contributed by atoms with Crippen molar-refractivity contribution in [3.63, 3.8) is 0 Å². The predicted octanol–water partition coefficient (Wildman–Crippen LogP) is 3.33. The van der Waals surface area contributed by atoms with E-state index >= 15 is 0 Å². The smallest absolute Gasteiger partial charge is 0.185 e. The molecule has 0 aromatic carbocycles. The van der Waals surface area contributed by atoms with Crippen molar-refractivity contribution in [2.75, 3.05) is 0 Å². The highest BCUT2D eigenvalue weighted by Gasteiger charge is 2.29. The van der Waals surface area contributed by atoms with Crippen LogP contribution in [0.4, 0.5) is 0 Å². The fourth-order valence-electron chi connectivity index (χ4n) is 3.08. The first kappa shape index (κ1) is 14.2. The average molecular weight is 263 g/mol. The SMILES string of the molecule is CCCn1nncc1C(=O)C1CCC(C(C)C)CC1. The summed E-state index contributed by atoms with van der Waals surface area (Å²) in [7, 11) is 0. The van der Waals surface area contributed by atoms with E-state index in [0.29, 0.717) is 5.69 Å². The number of rotatable bonds is 5. The van der Waals surface area contributed by atoms with Gasteiger partial charge in [-0.25, -0.2) is 4.68 Å². The maximum absolute atomic E-state index is 12.5. The van der Waals surface area contributed by atoms with Gasteiger partial charge in [0.15, 0.2) is 5.78 Å². The van der Waals surface area contributed by atoms with Crippen LogP contribution in [0.3, 0.4) is 0 Å². The zero-order chi connectivity index (χ0) is 13.8. The Hall–Kier alpha value is -1.19. The monoisotopic (exact) mass is 263 g/mol. The Balaban J connectivity index is 1.99. The van der Waals surface area contributed by atoms with Crippen LogP contribution in [0.2, 0.25) is 0 Å². The lowest BCUT2D eigenvalue weighted by atomic mass is 9.75. The first-order chi connectivity index (χ1) is 9.13. The minimum atomic E-state index is 0.184. The van der Waals surface area contributed by atoms with E-state index in [-0.39, 0.29) is 11.7 Å². The predicted molar refractivity (Wildman–Crippen MR) is 74.9 cm³/mol. The lowest BCUT2D eigenvalue weighted by Gasteiger charge is -2.30. The molecule has 4 nitrogen and oxygen atoms in total. The normalized spacial score (nSPS) is 23.8. The van der Waals surface area contributed by atoms with Gasteiger partial charge in [0, 0.05) is 12.5 Å². The van der Waals surface area contributed by atoms with Crippen molar-refractivity contribution in [3.05, 3.63) is 11.9 Å². The van der Waals surface area contributed by atoms with Gasteiger partial charge in [-0.1, -0.05) is 26.0 Å². The number of carbonyl (C=O) groups excluding carboxylic acids is 1. The average Bonchev–Trinajstić information content (AvgIpc) is 2.87. The van der Waals surface area contributed by atoms with Crippen molar-refractivity contribution >= 4 is 5.78 Å². The molecule has 0 amide bonds. The number of Topliss-reactive ketones (excluding diaryl/α,β-unsaturated/α-hetero) is 1. The fourth-order valence-corrected chi connectivity index (χ4v) is 3.08. The van der Waals surface area contributed by atoms with Crippen molar-refractivity contribution in [1.29, 1.82) is 0 Å². The Morgan fingerprint density at radius 3 is 2.63 bits per heavy atom. The van der Waals surface area contributed by atoms with Crippen LogP contribution in [-0.4, -0.2) is 20.8 Å². The van der Waals surface area contributed by atoms with E-state index in [2.05, 4.69) is 31.1 Å². The molecule has 0 aliphatic heterocycles. The van der Waals surface area contributed by atoms with Crippen LogP contribution in [0, 0.1) is 17.8 Å². The summed E-state index contributed by atoms with van der Waals surface area (Å²) in [6, 6.07) is 0. The molecule has 1 aromatic rings. The summed E-state index contributed by atoms with van der Waals surface area (Å²) in [5.74, 6) is 1.97. The van der Waals surface area contributed by atoms with E-state index in [4.69, 9.17) is 0 Å². The molecule has 106 valence electrons. The quantitative estimate of drug-likeness (QED) is 0.765. The summed E-state index contributed by atoms with van der Waals surface area (Å²) in [6.07, 6.45) is 7.03. The molecule has 1 aliphatic rings. The molecule has 0 unspecified atom stereocenters. The second kappa shape index (κ2) is 6.31. The summed E-state index contributed by atoms with van der Waals surface area (Å²) >= 11 is 0. The van der Waals surface area contributed by atoms with Crippen LogP contribution < -0.4 is 0 Å². The summed E-state index contributed by atoms with van der Waals surface area (Å²) < 4.78 is 1.76. The number of hydrogen-bond acceptors (Lipinski definition) is 3. The van der Waals surface area contributed by atoms with E-state index in [9.17, 15) is 4.79 Å². The van der Waals surface area contributed by atoms with Crippen molar-refractivity contribution in [3.8, 4) is 0 Å². The van der Waals surface area contributed by atoms with Crippen LogP contribution in [0.15, 0.2) is 6.20 Å². The Labute approximate surface area is 115 Å². The molecule has 0 spiro atoms. The standard InChI is InChI=1S/C15H25N3O/c1-4-9-18-14(10-16-17-18)15(19)13-7-5-12(6-8-13)11(2)3/h10-13H,4-9H2,1-3H3. The Morgan fingerprint density at radius 2 is 2.05 bits per heavy atom. The largest absolute Gasteiger partial charge is 0.292 e. The van der Waals surface area contributed by atoms with Crippen LogP contribution in [-0.2, 0) is 6.54 Å². The van der Waals surface area contributed by atoms with Gasteiger partial charge < -0.3 is 0 Å². The molecule has 2 rings (SSSR count). The number of aryl methyl sites for hydroxylation is 1. The van der Waals surface area contributed by atoms with Gasteiger partial charge in [-0.15, -0.1) is 5.10 Å². The van der Waals surface area contributed by atoms with Gasteiger partial charge in [-0.05, 0) is 43.9 Å². The van der Waals surface area contributed by atoms with Crippen molar-refractivity contribution in [2.24, 2.45) is 17.8 Å². The minimum Gasteiger partial charge on any atom is -0.292 e. The van der Waals surface area contributed by atoms with Gasteiger partial charge in [0.05, 0.1) is 6.20 Å². The molecule has 1 aromatic heterocycles. The molecule has 0 radical (unpaired) electrons. The zero-order valence-corrected chi connectivity index (χ0v) is 12.3. The molecule has 19 heavy (non-hydrogen) atoms. The topological polar surface area (TPSA) is 47.8 Å². The maximum Gasteiger partial charge on any atom is 0.185 e. The van der Waals surface area contributed by atoms with Crippen molar-refractivity contribution in [1.82, 2.24) is 15.0 Å². The number of nitrogens with zero attached hydrogens (tertiary/aromatic N) is 3. The summed E-state index contributed by atoms with van der Waals surface area (Å²) in [5, 5.41) is 7.90. The van der Waals surface area contributed by atoms with Gasteiger partial charge >= 0.3 is 0 Å². The third-order valence-electron chi connectivity index (χ3n) is 4.39. The fraction of sp³-hybridized carbons (Fsp3) is 0.800. The van der Waals surface area contributed by atoms with E-state index in [1.165, 1.54) is 12.8 Å². The molecule has 1 aliphatic carbocycles. The first-order valence-electron chi connectivity index (χ1n) is 7.56. The lowest BCUT2D eigenvalue weighted by molar-refractivity contribution is 0.0847. The molecule has 1 heterocycles. The molecule has 0 atom stereocenters. The second-order valence-electron chi connectivity index (χ2n) is 6.06. The molecular formula is C15H25N3O. The molecule has 1 saturated carbocycles. The van der Waals surface area contributed by atoms with E-state index < -0.39 is 0 Å². The first-order valence-corrected chi connectivity index (χ1v) is 7.56. The summed E-state index contributed by atoms with van der Waals surface area (Å²) in [4.78, 5) is 12.5. The van der Waals surface area contributed by atoms with Gasteiger partial charge in [0.2, 0.25) is 0 Å². The molecular weight excluding hydrogens is 238 g/mol. The number of aromatic nitrogens is 3. The molecule has 4 heteroatoms. The number of hydrogen-bond donors (Lipinski definition) is 0. The van der Waals surface area contributed by atoms with Crippen molar-refractivity contribution < 1.29 is 4.79 Å². The molecule has 0 bridgehead atoms. The van der Waals surface area contributed by atoms with E-state index in [0.717, 1.165) is 37.6 Å². The molecule has 1 fully saturated rings. The van der Waals surface area contributed by atoms with Crippen LogP contribution in [0.25, 0.3) is 0 Å². The Morgan fingerprint density at radius 1 is 1.37 bits per heavy atom. The van der Waals surface area contributed by atoms with Gasteiger partial charge in [0.1, 0.15) is 5.69 Å². The van der Waals surface area contributed by atoms with Crippen LogP contribution in [0.1, 0.15) is 63.4 Å². The highest BCUT2D eigenvalue weighted by molar-refractivity contribution is 5.96. The molecule has 0 saturated heterocycles. The van der Waals surface area contributed by atoms with Crippen molar-refractivity contribution in [2.45, 2.75) is 59.4 Å².